The van der Waals surface area contributed by atoms with E-state index in [9.17, 15) is 9.90 Å². The Bertz CT molecular complexity index is 436. The minimum atomic E-state index is -0.381. The number of aliphatic hydroxyl groups is 1. The van der Waals surface area contributed by atoms with Crippen LogP contribution < -0.4 is 5.32 Å². The molecule has 17 heavy (non-hydrogen) atoms. The maximum Gasteiger partial charge on any atom is 0.251 e. The van der Waals surface area contributed by atoms with E-state index in [1.807, 2.05) is 19.1 Å². The van der Waals surface area contributed by atoms with Gasteiger partial charge in [-0.05, 0) is 43.9 Å². The van der Waals surface area contributed by atoms with Gasteiger partial charge in [0.1, 0.15) is 0 Å². The summed E-state index contributed by atoms with van der Waals surface area (Å²) in [5.74, 6) is -0.112. The quantitative estimate of drug-likeness (QED) is 0.900. The standard InChI is InChI=1S/C13H16BrNO2/c1-9-3-4-10(7-11(9)14)12(17)15-13(8-16)5-2-6-13/h3-4,7,16H,2,5-6,8H2,1H3,(H,15,17). The predicted octanol–water partition coefficient (Wildman–Crippen LogP) is 2.40. The molecule has 0 unspecified atom stereocenters. The van der Waals surface area contributed by atoms with Gasteiger partial charge in [-0.2, -0.15) is 0 Å². The molecular weight excluding hydrogens is 282 g/mol. The average Bonchev–Trinajstić information content (AvgIpc) is 2.27. The lowest BCUT2D eigenvalue weighted by Crippen LogP contribution is -2.56. The van der Waals surface area contributed by atoms with Crippen LogP contribution in [0.5, 0.6) is 0 Å². The van der Waals surface area contributed by atoms with Crippen molar-refractivity contribution < 1.29 is 9.90 Å². The van der Waals surface area contributed by atoms with Crippen molar-refractivity contribution in [1.29, 1.82) is 0 Å². The van der Waals surface area contributed by atoms with Gasteiger partial charge in [0.25, 0.3) is 5.91 Å². The van der Waals surface area contributed by atoms with E-state index in [4.69, 9.17) is 0 Å². The van der Waals surface area contributed by atoms with Crippen molar-refractivity contribution in [2.75, 3.05) is 6.61 Å². The molecule has 1 fully saturated rings. The molecule has 1 aliphatic carbocycles. The molecule has 1 aliphatic rings. The van der Waals surface area contributed by atoms with E-state index in [-0.39, 0.29) is 18.1 Å². The van der Waals surface area contributed by atoms with Crippen LogP contribution in [0.15, 0.2) is 22.7 Å². The second-order valence-electron chi connectivity index (χ2n) is 4.71. The molecular formula is C13H16BrNO2. The molecule has 0 bridgehead atoms. The summed E-state index contributed by atoms with van der Waals surface area (Å²) in [6, 6.07) is 5.53. The SMILES string of the molecule is Cc1ccc(C(=O)NC2(CO)CCC2)cc1Br. The van der Waals surface area contributed by atoms with Crippen LogP contribution in [0.1, 0.15) is 35.2 Å². The second-order valence-corrected chi connectivity index (χ2v) is 5.56. The Morgan fingerprint density at radius 3 is 2.71 bits per heavy atom. The van der Waals surface area contributed by atoms with Crippen LogP contribution in [0, 0.1) is 6.92 Å². The molecule has 0 atom stereocenters. The minimum Gasteiger partial charge on any atom is -0.394 e. The summed E-state index contributed by atoms with van der Waals surface area (Å²) in [6.07, 6.45) is 2.79. The summed E-state index contributed by atoms with van der Waals surface area (Å²) in [4.78, 5) is 12.0. The predicted molar refractivity (Wildman–Crippen MR) is 70.0 cm³/mol. The van der Waals surface area contributed by atoms with E-state index in [0.29, 0.717) is 5.56 Å². The Morgan fingerprint density at radius 1 is 1.53 bits per heavy atom. The first-order chi connectivity index (χ1) is 8.06. The fourth-order valence-corrected chi connectivity index (χ4v) is 2.35. The smallest absolute Gasteiger partial charge is 0.251 e. The van der Waals surface area contributed by atoms with Crippen molar-refractivity contribution in [2.45, 2.75) is 31.7 Å². The summed E-state index contributed by atoms with van der Waals surface area (Å²) >= 11 is 3.41. The molecule has 0 saturated heterocycles. The Balaban J connectivity index is 2.11. The van der Waals surface area contributed by atoms with E-state index in [1.165, 1.54) is 0 Å². The molecule has 0 heterocycles. The number of benzene rings is 1. The number of halogens is 1. The van der Waals surface area contributed by atoms with Crippen LogP contribution in [0.3, 0.4) is 0 Å². The summed E-state index contributed by atoms with van der Waals surface area (Å²) in [5, 5.41) is 12.2. The second kappa shape index (κ2) is 4.78. The van der Waals surface area contributed by atoms with Crippen molar-refractivity contribution >= 4 is 21.8 Å². The number of amides is 1. The van der Waals surface area contributed by atoms with Crippen molar-refractivity contribution in [2.24, 2.45) is 0 Å². The van der Waals surface area contributed by atoms with Gasteiger partial charge in [-0.15, -0.1) is 0 Å². The van der Waals surface area contributed by atoms with Gasteiger partial charge in [-0.25, -0.2) is 0 Å². The Labute approximate surface area is 109 Å². The highest BCUT2D eigenvalue weighted by Gasteiger charge is 2.37. The zero-order valence-corrected chi connectivity index (χ0v) is 11.4. The number of hydrogen-bond acceptors (Lipinski definition) is 2. The molecule has 2 rings (SSSR count). The largest absolute Gasteiger partial charge is 0.394 e. The lowest BCUT2D eigenvalue weighted by Gasteiger charge is -2.40. The minimum absolute atomic E-state index is 0.0196. The van der Waals surface area contributed by atoms with E-state index in [0.717, 1.165) is 29.3 Å². The van der Waals surface area contributed by atoms with Crippen molar-refractivity contribution in [3.05, 3.63) is 33.8 Å². The molecule has 3 nitrogen and oxygen atoms in total. The van der Waals surface area contributed by atoms with Crippen LogP contribution in [-0.4, -0.2) is 23.2 Å². The van der Waals surface area contributed by atoms with Gasteiger partial charge in [-0.3, -0.25) is 4.79 Å². The maximum absolute atomic E-state index is 12.0. The molecule has 92 valence electrons. The lowest BCUT2D eigenvalue weighted by molar-refractivity contribution is 0.0641. The summed E-state index contributed by atoms with van der Waals surface area (Å²) in [5.41, 5.74) is 1.35. The highest BCUT2D eigenvalue weighted by molar-refractivity contribution is 9.10. The molecule has 1 aromatic carbocycles. The monoisotopic (exact) mass is 297 g/mol. The van der Waals surface area contributed by atoms with Gasteiger partial charge >= 0.3 is 0 Å². The number of carbonyl (C=O) groups is 1. The van der Waals surface area contributed by atoms with Crippen molar-refractivity contribution in [3.8, 4) is 0 Å². The number of rotatable bonds is 3. The van der Waals surface area contributed by atoms with Gasteiger partial charge in [0, 0.05) is 10.0 Å². The zero-order valence-electron chi connectivity index (χ0n) is 9.79. The Morgan fingerprint density at radius 2 is 2.24 bits per heavy atom. The fourth-order valence-electron chi connectivity index (χ4n) is 1.97. The maximum atomic E-state index is 12.0. The number of nitrogens with one attached hydrogen (secondary N) is 1. The molecule has 1 saturated carbocycles. The summed E-state index contributed by atoms with van der Waals surface area (Å²) in [7, 11) is 0. The Kier molecular flexibility index (Phi) is 3.54. The number of hydrogen-bond donors (Lipinski definition) is 2. The van der Waals surface area contributed by atoms with E-state index in [2.05, 4.69) is 21.2 Å². The lowest BCUT2D eigenvalue weighted by atomic mass is 9.77. The third-order valence-corrected chi connectivity index (χ3v) is 4.28. The van der Waals surface area contributed by atoms with E-state index < -0.39 is 0 Å². The van der Waals surface area contributed by atoms with Crippen LogP contribution in [0.25, 0.3) is 0 Å². The molecule has 4 heteroatoms. The Hall–Kier alpha value is -0.870. The average molecular weight is 298 g/mol. The number of aliphatic hydroxyl groups excluding tert-OH is 1. The van der Waals surface area contributed by atoms with Gasteiger partial charge in [0.2, 0.25) is 0 Å². The summed E-state index contributed by atoms with van der Waals surface area (Å²) in [6.45, 7) is 2.00. The molecule has 2 N–H and O–H groups in total. The third kappa shape index (κ3) is 2.53. The van der Waals surface area contributed by atoms with Crippen LogP contribution in [0.2, 0.25) is 0 Å². The summed E-state index contributed by atoms with van der Waals surface area (Å²) < 4.78 is 0.928. The van der Waals surface area contributed by atoms with E-state index in [1.54, 1.807) is 6.07 Å². The van der Waals surface area contributed by atoms with Crippen molar-refractivity contribution in [1.82, 2.24) is 5.32 Å². The van der Waals surface area contributed by atoms with Gasteiger partial charge in [0.05, 0.1) is 12.1 Å². The molecule has 0 spiro atoms. The van der Waals surface area contributed by atoms with Crippen LogP contribution in [0.4, 0.5) is 0 Å². The van der Waals surface area contributed by atoms with Crippen molar-refractivity contribution in [3.63, 3.8) is 0 Å². The first-order valence-electron chi connectivity index (χ1n) is 5.76. The molecule has 0 radical (unpaired) electrons. The molecule has 1 amide bonds. The topological polar surface area (TPSA) is 49.3 Å². The third-order valence-electron chi connectivity index (χ3n) is 3.43. The molecule has 0 aromatic heterocycles. The normalized spacial score (nSPS) is 17.4. The van der Waals surface area contributed by atoms with Crippen LogP contribution in [-0.2, 0) is 0 Å². The first-order valence-corrected chi connectivity index (χ1v) is 6.55. The zero-order chi connectivity index (χ0) is 12.5. The fraction of sp³-hybridized carbons (Fsp3) is 0.462. The first kappa shape index (κ1) is 12.6. The van der Waals surface area contributed by atoms with E-state index >= 15 is 0 Å². The highest BCUT2D eigenvalue weighted by Crippen LogP contribution is 2.31. The number of carbonyl (C=O) groups excluding carboxylic acids is 1. The molecule has 0 aliphatic heterocycles. The van der Waals surface area contributed by atoms with Gasteiger partial charge in [0.15, 0.2) is 0 Å². The van der Waals surface area contributed by atoms with Gasteiger partial charge in [-0.1, -0.05) is 22.0 Å². The van der Waals surface area contributed by atoms with Crippen LogP contribution >= 0.6 is 15.9 Å². The number of aryl methyl sites for hydroxylation is 1. The van der Waals surface area contributed by atoms with Gasteiger partial charge < -0.3 is 10.4 Å². The molecule has 1 aromatic rings. The highest BCUT2D eigenvalue weighted by atomic mass is 79.9.